The molecule has 1 saturated heterocycles. The van der Waals surface area contributed by atoms with E-state index in [4.69, 9.17) is 16.3 Å². The van der Waals surface area contributed by atoms with E-state index < -0.39 is 0 Å². The molecule has 0 atom stereocenters. The number of nitrogens with one attached hydrogen (secondary N) is 1. The van der Waals surface area contributed by atoms with Gasteiger partial charge in [0.05, 0.1) is 23.4 Å². The van der Waals surface area contributed by atoms with E-state index in [2.05, 4.69) is 27.3 Å². The van der Waals surface area contributed by atoms with Gasteiger partial charge in [-0.05, 0) is 35.9 Å². The Hall–Kier alpha value is -1.99. The Balaban J connectivity index is 1.49. The maximum absolute atomic E-state index is 12.4. The number of carbonyl (C=O) groups is 1. The lowest BCUT2D eigenvalue weighted by Gasteiger charge is -2.26. The zero-order valence-corrected chi connectivity index (χ0v) is 15.6. The van der Waals surface area contributed by atoms with Gasteiger partial charge in [0.15, 0.2) is 5.13 Å². The van der Waals surface area contributed by atoms with Crippen molar-refractivity contribution < 1.29 is 9.53 Å². The van der Waals surface area contributed by atoms with Gasteiger partial charge in [-0.3, -0.25) is 15.0 Å². The number of carbonyl (C=O) groups excluding carboxylic acids is 1. The Bertz CT molecular complexity index is 937. The predicted octanol–water partition coefficient (Wildman–Crippen LogP) is 4.03. The van der Waals surface area contributed by atoms with Crippen molar-refractivity contribution >= 4 is 44.2 Å². The minimum atomic E-state index is -0.208. The van der Waals surface area contributed by atoms with Crippen LogP contribution in [0.5, 0.6) is 0 Å². The fourth-order valence-electron chi connectivity index (χ4n) is 2.94. The van der Waals surface area contributed by atoms with Crippen LogP contribution in [0.25, 0.3) is 10.2 Å². The Morgan fingerprint density at radius 2 is 2.08 bits per heavy atom. The smallest absolute Gasteiger partial charge is 0.257 e. The summed E-state index contributed by atoms with van der Waals surface area (Å²) in [6, 6.07) is 13.1. The maximum atomic E-state index is 12.4. The highest BCUT2D eigenvalue weighted by Gasteiger charge is 2.13. The summed E-state index contributed by atoms with van der Waals surface area (Å²) in [4.78, 5) is 19.2. The van der Waals surface area contributed by atoms with Crippen LogP contribution in [0, 0.1) is 0 Å². The van der Waals surface area contributed by atoms with Crippen molar-refractivity contribution in [3.63, 3.8) is 0 Å². The molecule has 1 aromatic heterocycles. The normalized spacial score (nSPS) is 15.3. The molecule has 1 amide bonds. The van der Waals surface area contributed by atoms with Crippen LogP contribution >= 0.6 is 22.9 Å². The number of rotatable bonds is 4. The zero-order valence-electron chi connectivity index (χ0n) is 14.1. The molecule has 0 unspecified atom stereocenters. The Morgan fingerprint density at radius 1 is 1.23 bits per heavy atom. The monoisotopic (exact) mass is 387 g/mol. The molecule has 0 radical (unpaired) electrons. The Labute approximate surface area is 160 Å². The fourth-order valence-corrected chi connectivity index (χ4v) is 4.05. The second kappa shape index (κ2) is 7.72. The summed E-state index contributed by atoms with van der Waals surface area (Å²) in [7, 11) is 0. The number of ether oxygens (including phenoxy) is 1. The summed E-state index contributed by atoms with van der Waals surface area (Å²) in [6.07, 6.45) is 0. The molecule has 0 saturated carbocycles. The summed E-state index contributed by atoms with van der Waals surface area (Å²) in [5.41, 5.74) is 2.66. The van der Waals surface area contributed by atoms with Crippen LogP contribution in [0.2, 0.25) is 5.02 Å². The third kappa shape index (κ3) is 4.04. The molecule has 0 aliphatic carbocycles. The summed E-state index contributed by atoms with van der Waals surface area (Å²) in [6.45, 7) is 4.41. The lowest BCUT2D eigenvalue weighted by Crippen LogP contribution is -2.35. The SMILES string of the molecule is O=C(Nc1nc2ccc(CN3CCOCC3)cc2s1)c1cccc(Cl)c1. The molecule has 3 aromatic rings. The molecule has 1 fully saturated rings. The van der Waals surface area contributed by atoms with E-state index in [0.29, 0.717) is 15.7 Å². The number of amides is 1. The third-order valence-corrected chi connectivity index (χ3v) is 5.44. The van der Waals surface area contributed by atoms with Crippen molar-refractivity contribution in [2.24, 2.45) is 0 Å². The highest BCUT2D eigenvalue weighted by molar-refractivity contribution is 7.22. The summed E-state index contributed by atoms with van der Waals surface area (Å²) in [5.74, 6) is -0.208. The summed E-state index contributed by atoms with van der Waals surface area (Å²) >= 11 is 7.43. The summed E-state index contributed by atoms with van der Waals surface area (Å²) in [5, 5.41) is 3.99. The average molecular weight is 388 g/mol. The number of anilines is 1. The number of nitrogens with zero attached hydrogens (tertiary/aromatic N) is 2. The first-order valence-electron chi connectivity index (χ1n) is 8.44. The molecule has 1 aliphatic rings. The molecule has 1 N–H and O–H groups in total. The Kier molecular flexibility index (Phi) is 5.17. The molecule has 1 aliphatic heterocycles. The van der Waals surface area contributed by atoms with Gasteiger partial charge in [0.25, 0.3) is 5.91 Å². The van der Waals surface area contributed by atoms with Gasteiger partial charge in [0.2, 0.25) is 0 Å². The van der Waals surface area contributed by atoms with Crippen molar-refractivity contribution in [2.45, 2.75) is 6.54 Å². The minimum Gasteiger partial charge on any atom is -0.379 e. The van der Waals surface area contributed by atoms with E-state index >= 15 is 0 Å². The van der Waals surface area contributed by atoms with Crippen LogP contribution in [0.4, 0.5) is 5.13 Å². The molecule has 0 bridgehead atoms. The number of aromatic nitrogens is 1. The predicted molar refractivity (Wildman–Crippen MR) is 105 cm³/mol. The van der Waals surface area contributed by atoms with Crippen LogP contribution in [-0.2, 0) is 11.3 Å². The summed E-state index contributed by atoms with van der Waals surface area (Å²) < 4.78 is 6.46. The van der Waals surface area contributed by atoms with Crippen molar-refractivity contribution in [1.29, 1.82) is 0 Å². The number of thiazole rings is 1. The van der Waals surface area contributed by atoms with Crippen molar-refractivity contribution in [3.8, 4) is 0 Å². The van der Waals surface area contributed by atoms with Crippen LogP contribution in [0.3, 0.4) is 0 Å². The second-order valence-electron chi connectivity index (χ2n) is 6.17. The van der Waals surface area contributed by atoms with Gasteiger partial charge in [-0.1, -0.05) is 35.1 Å². The number of fused-ring (bicyclic) bond motifs is 1. The maximum Gasteiger partial charge on any atom is 0.257 e. The van der Waals surface area contributed by atoms with E-state index in [-0.39, 0.29) is 5.91 Å². The van der Waals surface area contributed by atoms with Gasteiger partial charge < -0.3 is 4.74 Å². The van der Waals surface area contributed by atoms with Gasteiger partial charge in [0, 0.05) is 30.2 Å². The first-order valence-corrected chi connectivity index (χ1v) is 9.63. The second-order valence-corrected chi connectivity index (χ2v) is 7.64. The largest absolute Gasteiger partial charge is 0.379 e. The number of hydrogen-bond donors (Lipinski definition) is 1. The lowest BCUT2D eigenvalue weighted by molar-refractivity contribution is 0.0342. The minimum absolute atomic E-state index is 0.208. The zero-order chi connectivity index (χ0) is 17.9. The van der Waals surface area contributed by atoms with Crippen molar-refractivity contribution in [2.75, 3.05) is 31.6 Å². The quantitative estimate of drug-likeness (QED) is 0.734. The van der Waals surface area contributed by atoms with Gasteiger partial charge in [-0.2, -0.15) is 0 Å². The topological polar surface area (TPSA) is 54.5 Å². The molecule has 2 heterocycles. The fraction of sp³-hybridized carbons (Fsp3) is 0.263. The van der Waals surface area contributed by atoms with E-state index in [9.17, 15) is 4.79 Å². The van der Waals surface area contributed by atoms with Gasteiger partial charge in [0.1, 0.15) is 0 Å². The number of hydrogen-bond acceptors (Lipinski definition) is 5. The van der Waals surface area contributed by atoms with E-state index in [0.717, 1.165) is 43.1 Å². The molecule has 7 heteroatoms. The average Bonchev–Trinajstić information content (AvgIpc) is 3.04. The lowest BCUT2D eigenvalue weighted by atomic mass is 10.2. The molecule has 134 valence electrons. The number of halogens is 1. The Morgan fingerprint density at radius 3 is 2.88 bits per heavy atom. The van der Waals surface area contributed by atoms with Crippen LogP contribution < -0.4 is 5.32 Å². The van der Waals surface area contributed by atoms with Crippen molar-refractivity contribution in [3.05, 3.63) is 58.6 Å². The van der Waals surface area contributed by atoms with Gasteiger partial charge in [-0.25, -0.2) is 4.98 Å². The molecule has 4 rings (SSSR count). The highest BCUT2D eigenvalue weighted by Crippen LogP contribution is 2.28. The van der Waals surface area contributed by atoms with Crippen LogP contribution in [-0.4, -0.2) is 42.1 Å². The first-order chi connectivity index (χ1) is 12.7. The van der Waals surface area contributed by atoms with E-state index in [1.165, 1.54) is 16.9 Å². The molecular formula is C19H18ClN3O2S. The molecule has 2 aromatic carbocycles. The van der Waals surface area contributed by atoms with E-state index in [1.54, 1.807) is 24.3 Å². The third-order valence-electron chi connectivity index (χ3n) is 4.27. The van der Waals surface area contributed by atoms with Crippen LogP contribution in [0.1, 0.15) is 15.9 Å². The van der Waals surface area contributed by atoms with Gasteiger partial charge >= 0.3 is 0 Å². The molecule has 26 heavy (non-hydrogen) atoms. The number of morpholine rings is 1. The highest BCUT2D eigenvalue weighted by atomic mass is 35.5. The molecular weight excluding hydrogens is 370 g/mol. The molecule has 5 nitrogen and oxygen atoms in total. The van der Waals surface area contributed by atoms with Crippen LogP contribution in [0.15, 0.2) is 42.5 Å². The van der Waals surface area contributed by atoms with Crippen molar-refractivity contribution in [1.82, 2.24) is 9.88 Å². The van der Waals surface area contributed by atoms with E-state index in [1.807, 2.05) is 6.07 Å². The number of benzene rings is 2. The first kappa shape index (κ1) is 17.4. The standard InChI is InChI=1S/C19H18ClN3O2S/c20-15-3-1-2-14(11-15)18(24)22-19-21-16-5-4-13(10-17(16)26-19)12-23-6-8-25-9-7-23/h1-5,10-11H,6-9,12H2,(H,21,22,24). The van der Waals surface area contributed by atoms with Gasteiger partial charge in [-0.15, -0.1) is 0 Å². The molecule has 0 spiro atoms.